The van der Waals surface area contributed by atoms with Crippen LogP contribution in [0, 0.1) is 6.92 Å². The van der Waals surface area contributed by atoms with E-state index in [1.54, 1.807) is 0 Å². The normalized spacial score (nSPS) is 12.2. The minimum absolute atomic E-state index is 0.459. The summed E-state index contributed by atoms with van der Waals surface area (Å²) in [5, 5.41) is 2.44. The van der Waals surface area contributed by atoms with Gasteiger partial charge < -0.3 is 0 Å². The number of benzene rings is 2. The van der Waals surface area contributed by atoms with Gasteiger partial charge in [0, 0.05) is 17.1 Å². The van der Waals surface area contributed by atoms with E-state index >= 15 is 0 Å². The van der Waals surface area contributed by atoms with Crippen molar-refractivity contribution in [3.63, 3.8) is 0 Å². The Bertz CT molecular complexity index is 1330. The summed E-state index contributed by atoms with van der Waals surface area (Å²) in [4.78, 5) is 4.76. The Balaban J connectivity index is 2.25. The average Bonchev–Trinajstić information content (AvgIpc) is 2.95. The highest BCUT2D eigenvalue weighted by Gasteiger charge is 2.26. The molecule has 0 aliphatic rings. The van der Waals surface area contributed by atoms with Crippen LogP contribution in [0.1, 0.15) is 30.9 Å². The summed E-state index contributed by atoms with van der Waals surface area (Å²) >= 11 is 0. The summed E-state index contributed by atoms with van der Waals surface area (Å²) in [6, 6.07) is 17.4. The highest BCUT2D eigenvalue weighted by molar-refractivity contribution is 6.11. The number of rotatable bonds is 1. The van der Waals surface area contributed by atoms with Crippen LogP contribution in [0.4, 0.5) is 0 Å². The SMILES string of the molecule is Cc1ccnc2c3ccccc3n3c4c(C(C)C)cccc4[n+](C)c3c12. The lowest BCUT2D eigenvalue weighted by Crippen LogP contribution is -2.27. The Morgan fingerprint density at radius 2 is 1.81 bits per heavy atom. The molecular weight excluding hydrogens is 318 g/mol. The molecule has 5 rings (SSSR count). The van der Waals surface area contributed by atoms with Gasteiger partial charge in [-0.25, -0.2) is 4.57 Å². The molecule has 0 atom stereocenters. The van der Waals surface area contributed by atoms with E-state index in [1.165, 1.54) is 44.1 Å². The van der Waals surface area contributed by atoms with Gasteiger partial charge in [-0.1, -0.05) is 38.1 Å². The number of aryl methyl sites for hydroxylation is 2. The molecule has 0 amide bonds. The van der Waals surface area contributed by atoms with Gasteiger partial charge in [-0.15, -0.1) is 0 Å². The van der Waals surface area contributed by atoms with E-state index in [0.717, 1.165) is 5.52 Å². The Morgan fingerprint density at radius 3 is 2.62 bits per heavy atom. The van der Waals surface area contributed by atoms with Gasteiger partial charge >= 0.3 is 0 Å². The van der Waals surface area contributed by atoms with Crippen LogP contribution in [-0.4, -0.2) is 9.38 Å². The Kier molecular flexibility index (Phi) is 3.11. The molecule has 0 radical (unpaired) electrons. The predicted molar refractivity (Wildman–Crippen MR) is 108 cm³/mol. The fourth-order valence-electron chi connectivity index (χ4n) is 4.33. The summed E-state index contributed by atoms with van der Waals surface area (Å²) in [5.74, 6) is 0.459. The van der Waals surface area contributed by atoms with Crippen molar-refractivity contribution < 1.29 is 4.57 Å². The summed E-state index contributed by atoms with van der Waals surface area (Å²) in [6.45, 7) is 6.72. The molecule has 0 aliphatic heterocycles. The number of hydrogen-bond acceptors (Lipinski definition) is 1. The van der Waals surface area contributed by atoms with Gasteiger partial charge in [0.1, 0.15) is 5.52 Å². The second-order valence-corrected chi connectivity index (χ2v) is 7.46. The molecule has 0 aliphatic carbocycles. The number of pyridine rings is 2. The van der Waals surface area contributed by atoms with Crippen LogP contribution in [0.2, 0.25) is 0 Å². The smallest absolute Gasteiger partial charge is 0.255 e. The van der Waals surface area contributed by atoms with E-state index in [2.05, 4.69) is 85.3 Å². The first-order chi connectivity index (χ1) is 12.6. The van der Waals surface area contributed by atoms with E-state index in [9.17, 15) is 0 Å². The second-order valence-electron chi connectivity index (χ2n) is 7.46. The molecule has 0 N–H and O–H groups in total. The average molecular weight is 340 g/mol. The van der Waals surface area contributed by atoms with Crippen molar-refractivity contribution in [1.82, 2.24) is 9.38 Å². The molecule has 128 valence electrons. The molecule has 0 saturated heterocycles. The van der Waals surface area contributed by atoms with Crippen LogP contribution < -0.4 is 4.57 Å². The first kappa shape index (κ1) is 15.3. The third kappa shape index (κ3) is 1.83. The third-order valence-corrected chi connectivity index (χ3v) is 5.57. The van der Waals surface area contributed by atoms with Gasteiger partial charge in [-0.05, 0) is 42.7 Å². The quantitative estimate of drug-likeness (QED) is 0.309. The topological polar surface area (TPSA) is 21.2 Å². The number of hydrogen-bond donors (Lipinski definition) is 0. The van der Waals surface area contributed by atoms with Gasteiger partial charge in [0.05, 0.1) is 18.0 Å². The monoisotopic (exact) mass is 340 g/mol. The summed E-state index contributed by atoms with van der Waals surface area (Å²) in [6.07, 6.45) is 1.92. The Labute approximate surface area is 152 Å². The first-order valence-electron chi connectivity index (χ1n) is 9.18. The van der Waals surface area contributed by atoms with Crippen LogP contribution in [0.25, 0.3) is 38.5 Å². The molecule has 0 saturated carbocycles. The van der Waals surface area contributed by atoms with Crippen molar-refractivity contribution in [2.45, 2.75) is 26.7 Å². The molecule has 3 nitrogen and oxygen atoms in total. The molecule has 26 heavy (non-hydrogen) atoms. The lowest BCUT2D eigenvalue weighted by atomic mass is 10.0. The molecule has 3 heterocycles. The van der Waals surface area contributed by atoms with E-state index in [-0.39, 0.29) is 0 Å². The standard InChI is InChI=1S/C23H22N3/c1-14(2)16-9-7-11-19-22(16)26-18-10-6-5-8-17(18)21-20(23(26)25(19)4)15(3)12-13-24-21/h5-14H,1-4H3/q+1. The van der Waals surface area contributed by atoms with E-state index in [4.69, 9.17) is 4.98 Å². The van der Waals surface area contributed by atoms with Crippen LogP contribution in [0.3, 0.4) is 0 Å². The lowest BCUT2D eigenvalue weighted by Gasteiger charge is -2.07. The van der Waals surface area contributed by atoms with Crippen molar-refractivity contribution in [3.05, 3.63) is 65.9 Å². The van der Waals surface area contributed by atoms with Crippen LogP contribution >= 0.6 is 0 Å². The number of nitrogens with zero attached hydrogens (tertiary/aromatic N) is 3. The zero-order valence-corrected chi connectivity index (χ0v) is 15.6. The Morgan fingerprint density at radius 1 is 1.00 bits per heavy atom. The van der Waals surface area contributed by atoms with Gasteiger partial charge in [0.15, 0.2) is 11.0 Å². The largest absolute Gasteiger partial charge is 0.297 e. The minimum atomic E-state index is 0.459. The fourth-order valence-corrected chi connectivity index (χ4v) is 4.33. The van der Waals surface area contributed by atoms with Crippen molar-refractivity contribution >= 4 is 38.5 Å². The molecule has 0 bridgehead atoms. The van der Waals surface area contributed by atoms with Gasteiger partial charge in [-0.2, -0.15) is 4.40 Å². The zero-order valence-electron chi connectivity index (χ0n) is 15.6. The van der Waals surface area contributed by atoms with Crippen LogP contribution in [0.5, 0.6) is 0 Å². The minimum Gasteiger partial charge on any atom is -0.255 e. The van der Waals surface area contributed by atoms with E-state index in [1.807, 2.05) is 6.20 Å². The summed E-state index contributed by atoms with van der Waals surface area (Å²) in [7, 11) is 2.17. The molecule has 0 spiro atoms. The van der Waals surface area contributed by atoms with Gasteiger partial charge in [0.25, 0.3) is 5.65 Å². The Hall–Kier alpha value is -2.94. The van der Waals surface area contributed by atoms with Gasteiger partial charge in [-0.3, -0.25) is 4.98 Å². The van der Waals surface area contributed by atoms with Crippen LogP contribution in [0.15, 0.2) is 54.7 Å². The van der Waals surface area contributed by atoms with Gasteiger partial charge in [0.2, 0.25) is 0 Å². The van der Waals surface area contributed by atoms with Crippen LogP contribution in [-0.2, 0) is 7.05 Å². The maximum Gasteiger partial charge on any atom is 0.297 e. The molecule has 0 unspecified atom stereocenters. The van der Waals surface area contributed by atoms with Crippen molar-refractivity contribution in [2.24, 2.45) is 7.05 Å². The molecule has 3 heteroatoms. The van der Waals surface area contributed by atoms with Crippen molar-refractivity contribution in [2.75, 3.05) is 0 Å². The molecule has 3 aromatic heterocycles. The maximum atomic E-state index is 4.76. The zero-order chi connectivity index (χ0) is 18.0. The summed E-state index contributed by atoms with van der Waals surface area (Å²) < 4.78 is 4.77. The molecule has 5 aromatic rings. The molecular formula is C23H22N3+. The van der Waals surface area contributed by atoms with E-state index < -0.39 is 0 Å². The number of imidazole rings is 1. The van der Waals surface area contributed by atoms with E-state index in [0.29, 0.717) is 5.92 Å². The third-order valence-electron chi connectivity index (χ3n) is 5.57. The second kappa shape index (κ2) is 5.28. The number of para-hydroxylation sites is 2. The van der Waals surface area contributed by atoms with Crippen molar-refractivity contribution in [3.8, 4) is 0 Å². The first-order valence-corrected chi connectivity index (χ1v) is 9.18. The number of aromatic nitrogens is 3. The fraction of sp³-hybridized carbons (Fsp3) is 0.217. The molecule has 2 aromatic carbocycles. The lowest BCUT2D eigenvalue weighted by molar-refractivity contribution is -0.617. The highest BCUT2D eigenvalue weighted by atomic mass is 15.1. The highest BCUT2D eigenvalue weighted by Crippen LogP contribution is 2.34. The predicted octanol–water partition coefficient (Wildman–Crippen LogP) is 5.05. The molecule has 0 fully saturated rings. The van der Waals surface area contributed by atoms with Crippen molar-refractivity contribution in [1.29, 1.82) is 0 Å². The summed E-state index contributed by atoms with van der Waals surface area (Å²) in [5.41, 5.74) is 8.72. The maximum absolute atomic E-state index is 4.76. The number of fused-ring (bicyclic) bond motifs is 8.